The lowest BCUT2D eigenvalue weighted by atomic mass is 9.50. The summed E-state index contributed by atoms with van der Waals surface area (Å²) >= 11 is 0. The molecule has 0 atom stereocenters. The Bertz CT molecular complexity index is 1730. The second-order valence-electron chi connectivity index (χ2n) is 14.0. The molecule has 4 aromatic rings. The van der Waals surface area contributed by atoms with Crippen molar-refractivity contribution in [2.24, 2.45) is 23.7 Å². The van der Waals surface area contributed by atoms with E-state index in [1.165, 1.54) is 30.7 Å². The van der Waals surface area contributed by atoms with Crippen molar-refractivity contribution in [1.29, 1.82) is 0 Å². The van der Waals surface area contributed by atoms with Gasteiger partial charge in [-0.2, -0.15) is 26.3 Å². The van der Waals surface area contributed by atoms with E-state index in [1.807, 2.05) is 12.1 Å². The number of hydrogen-bond donors (Lipinski definition) is 0. The number of esters is 1. The summed E-state index contributed by atoms with van der Waals surface area (Å²) in [6.45, 7) is 2.18. The van der Waals surface area contributed by atoms with Crippen molar-refractivity contribution in [2.75, 3.05) is 6.61 Å². The molecule has 4 aliphatic carbocycles. The predicted molar refractivity (Wildman–Crippen MR) is 179 cm³/mol. The van der Waals surface area contributed by atoms with Gasteiger partial charge in [-0.1, -0.05) is 12.1 Å². The molecule has 4 fully saturated rings. The summed E-state index contributed by atoms with van der Waals surface area (Å²) in [5.41, 5.74) is -1.17. The van der Waals surface area contributed by atoms with E-state index in [-0.39, 0.29) is 19.2 Å². The van der Waals surface area contributed by atoms with E-state index in [9.17, 15) is 31.1 Å². The Kier molecular flexibility index (Phi) is 9.54. The molecule has 0 unspecified atom stereocenters. The van der Waals surface area contributed by atoms with Gasteiger partial charge in [0, 0.05) is 0 Å². The van der Waals surface area contributed by atoms with Crippen LogP contribution in [0.15, 0.2) is 112 Å². The zero-order valence-corrected chi connectivity index (χ0v) is 28.6. The van der Waals surface area contributed by atoms with Crippen molar-refractivity contribution in [3.05, 3.63) is 114 Å². The summed E-state index contributed by atoms with van der Waals surface area (Å²) < 4.78 is 97.2. The molecule has 51 heavy (non-hydrogen) atoms. The molecule has 4 saturated carbocycles. The predicted octanol–water partition coefficient (Wildman–Crippen LogP) is 10.5. The van der Waals surface area contributed by atoms with Crippen LogP contribution < -0.4 is 9.47 Å². The molecule has 4 aromatic carbocycles. The Hall–Kier alpha value is -4.12. The summed E-state index contributed by atoms with van der Waals surface area (Å²) in [6.07, 6.45) is -3.10. The normalized spacial score (nSPS) is 24.1. The topological polar surface area (TPSA) is 44.8 Å². The zero-order chi connectivity index (χ0) is 36.0. The van der Waals surface area contributed by atoms with Gasteiger partial charge in [0.1, 0.15) is 23.7 Å². The molecule has 8 rings (SSSR count). The molecule has 4 bridgehead atoms. The Balaban J connectivity index is 0.963. The second-order valence-corrected chi connectivity index (χ2v) is 16.0. The third kappa shape index (κ3) is 7.73. The van der Waals surface area contributed by atoms with Crippen molar-refractivity contribution < 1.29 is 45.3 Å². The molecule has 11 heteroatoms. The lowest BCUT2D eigenvalue weighted by Crippen LogP contribution is -2.58. The van der Waals surface area contributed by atoms with Gasteiger partial charge in [-0.25, -0.2) is 4.79 Å². The minimum atomic E-state index is -4.52. The van der Waals surface area contributed by atoms with Gasteiger partial charge in [-0.05, 0) is 153 Å². The zero-order valence-electron chi connectivity index (χ0n) is 27.8. The van der Waals surface area contributed by atoms with Crippen LogP contribution in [-0.4, -0.2) is 18.2 Å². The maximum absolute atomic E-state index is 13.2. The summed E-state index contributed by atoms with van der Waals surface area (Å²) in [5, 5.41) is 0. The van der Waals surface area contributed by atoms with Crippen molar-refractivity contribution >= 4 is 16.9 Å². The molecular weight excluding hydrogens is 690 g/mol. The van der Waals surface area contributed by atoms with Gasteiger partial charge >= 0.3 is 18.3 Å². The smallest absolute Gasteiger partial charge is 0.416 e. The third-order valence-corrected chi connectivity index (χ3v) is 12.9. The third-order valence-electron chi connectivity index (χ3n) is 10.7. The van der Waals surface area contributed by atoms with E-state index in [0.717, 1.165) is 67.3 Å². The fourth-order valence-corrected chi connectivity index (χ4v) is 10.2. The summed E-state index contributed by atoms with van der Waals surface area (Å²) in [5.74, 6) is 3.16. The number of hydrogen-bond acceptors (Lipinski definition) is 4. The van der Waals surface area contributed by atoms with Gasteiger partial charge in [0.25, 0.3) is 0 Å². The van der Waals surface area contributed by atoms with E-state index >= 15 is 0 Å². The van der Waals surface area contributed by atoms with Crippen molar-refractivity contribution in [3.63, 3.8) is 0 Å². The van der Waals surface area contributed by atoms with Gasteiger partial charge in [-0.15, -0.1) is 0 Å². The SMILES string of the molecule is CC1(OC(=O)COc2ccc(COc3ccc([S+](c4ccc(C(F)(F)F)cc4)c4ccc(C(F)(F)F)cc4)cc3)cc2)C2CC3CC(C2)CC1C3. The Morgan fingerprint density at radius 1 is 0.627 bits per heavy atom. The van der Waals surface area contributed by atoms with Crippen LogP contribution in [-0.2, 0) is 39.4 Å². The standard InChI is InChI=1S/C40H37F6O4S/c1-38(30-19-26-18-27(21-30)22-31(38)20-26)50-37(47)24-49-32-8-2-25(3-9-32)23-48-33-10-16-36(17-11-33)51(34-12-4-28(5-13-34)39(41,42)43)35-14-6-29(7-15-35)40(44,45)46/h2-17,26-27,30-31H,18-24H2,1H3/q+1. The van der Waals surface area contributed by atoms with Gasteiger partial charge in [0.15, 0.2) is 21.3 Å². The Morgan fingerprint density at radius 2 is 1.04 bits per heavy atom. The maximum Gasteiger partial charge on any atom is 0.416 e. The molecule has 268 valence electrons. The molecule has 0 amide bonds. The molecule has 0 spiro atoms. The van der Waals surface area contributed by atoms with Crippen LogP contribution in [0.2, 0.25) is 0 Å². The molecule has 0 radical (unpaired) electrons. The molecular formula is C40H37F6O4S+. The molecule has 4 aliphatic rings. The van der Waals surface area contributed by atoms with Crippen molar-refractivity contribution in [2.45, 2.75) is 78.3 Å². The molecule has 0 saturated heterocycles. The fourth-order valence-electron chi connectivity index (χ4n) is 8.19. The number of carbonyl (C=O) groups excluding carboxylic acids is 1. The summed E-state index contributed by atoms with van der Waals surface area (Å²) in [7, 11) is -0.984. The minimum absolute atomic E-state index is 0.162. The maximum atomic E-state index is 13.2. The second kappa shape index (κ2) is 13.8. The monoisotopic (exact) mass is 727 g/mol. The minimum Gasteiger partial charge on any atom is -0.489 e. The van der Waals surface area contributed by atoms with Gasteiger partial charge < -0.3 is 14.2 Å². The van der Waals surface area contributed by atoms with Crippen molar-refractivity contribution in [1.82, 2.24) is 0 Å². The number of alkyl halides is 6. The first-order valence-corrected chi connectivity index (χ1v) is 18.2. The van der Waals surface area contributed by atoms with E-state index in [4.69, 9.17) is 14.2 Å². The van der Waals surface area contributed by atoms with Crippen LogP contribution in [0.3, 0.4) is 0 Å². The Labute approximate surface area is 295 Å². The summed E-state index contributed by atoms with van der Waals surface area (Å²) in [4.78, 5) is 14.6. The molecule has 4 nitrogen and oxygen atoms in total. The summed E-state index contributed by atoms with van der Waals surface area (Å²) in [6, 6.07) is 23.5. The van der Waals surface area contributed by atoms with E-state index in [2.05, 4.69) is 6.92 Å². The van der Waals surface area contributed by atoms with Gasteiger partial charge in [0.2, 0.25) is 0 Å². The van der Waals surface area contributed by atoms with Gasteiger partial charge in [0.05, 0.1) is 22.0 Å². The quantitative estimate of drug-likeness (QED) is 0.0927. The van der Waals surface area contributed by atoms with Crippen LogP contribution in [0.1, 0.15) is 55.7 Å². The van der Waals surface area contributed by atoms with Crippen molar-refractivity contribution in [3.8, 4) is 11.5 Å². The molecule has 0 aliphatic heterocycles. The first-order valence-electron chi connectivity index (χ1n) is 17.0. The fraction of sp³-hybridized carbons (Fsp3) is 0.375. The average molecular weight is 728 g/mol. The van der Waals surface area contributed by atoms with Crippen LogP contribution in [0.25, 0.3) is 0 Å². The number of carbonyl (C=O) groups is 1. The number of ether oxygens (including phenoxy) is 3. The van der Waals surface area contributed by atoms with Crippen LogP contribution in [0.5, 0.6) is 11.5 Å². The first kappa shape index (κ1) is 35.3. The average Bonchev–Trinajstić information content (AvgIpc) is 3.09. The largest absolute Gasteiger partial charge is 0.489 e. The van der Waals surface area contributed by atoms with E-state index in [1.54, 1.807) is 36.4 Å². The van der Waals surface area contributed by atoms with Gasteiger partial charge in [-0.3, -0.25) is 0 Å². The highest BCUT2D eigenvalue weighted by molar-refractivity contribution is 7.97. The molecule has 0 heterocycles. The highest BCUT2D eigenvalue weighted by atomic mass is 32.2. The Morgan fingerprint density at radius 3 is 1.49 bits per heavy atom. The highest BCUT2D eigenvalue weighted by Crippen LogP contribution is 2.59. The number of halogens is 6. The molecule has 0 aromatic heterocycles. The highest BCUT2D eigenvalue weighted by Gasteiger charge is 2.57. The number of benzene rings is 4. The van der Waals surface area contributed by atoms with E-state index in [0.29, 0.717) is 38.0 Å². The van der Waals surface area contributed by atoms with Crippen LogP contribution in [0, 0.1) is 23.7 Å². The van der Waals surface area contributed by atoms with Crippen LogP contribution in [0.4, 0.5) is 26.3 Å². The first-order chi connectivity index (χ1) is 24.2. The van der Waals surface area contributed by atoms with E-state index < -0.39 is 40.0 Å². The van der Waals surface area contributed by atoms with Crippen LogP contribution >= 0.6 is 0 Å². The number of rotatable bonds is 10. The lowest BCUT2D eigenvalue weighted by molar-refractivity contribution is -0.204. The lowest BCUT2D eigenvalue weighted by Gasteiger charge is -2.59. The molecule has 0 N–H and O–H groups in total.